The molecule has 0 spiro atoms. The molecule has 80 valence electrons. The van der Waals surface area contributed by atoms with Crippen molar-refractivity contribution in [3.8, 4) is 0 Å². The standard InChI is InChI=1S/C12H21NO/c1-8-2-4-10(14-8)7-13-12-5-3-9-6-11(9)12/h8-13H,2-7H2,1H3/t8?,9-,10?,11+,12?/m1/s1. The van der Waals surface area contributed by atoms with E-state index < -0.39 is 0 Å². The van der Waals surface area contributed by atoms with Crippen LogP contribution in [0.4, 0.5) is 0 Å². The molecule has 3 rings (SSSR count). The largest absolute Gasteiger partial charge is 0.374 e. The molecule has 2 heteroatoms. The van der Waals surface area contributed by atoms with Crippen LogP contribution in [0.1, 0.15) is 39.0 Å². The van der Waals surface area contributed by atoms with Gasteiger partial charge in [-0.15, -0.1) is 0 Å². The zero-order valence-electron chi connectivity index (χ0n) is 9.04. The Kier molecular flexibility index (Phi) is 2.29. The first-order valence-electron chi connectivity index (χ1n) is 6.22. The van der Waals surface area contributed by atoms with E-state index in [0.29, 0.717) is 12.2 Å². The van der Waals surface area contributed by atoms with Gasteiger partial charge in [0.25, 0.3) is 0 Å². The predicted molar refractivity (Wildman–Crippen MR) is 56.2 cm³/mol. The molecule has 3 aliphatic rings. The topological polar surface area (TPSA) is 21.3 Å². The highest BCUT2D eigenvalue weighted by Crippen LogP contribution is 2.51. The van der Waals surface area contributed by atoms with Gasteiger partial charge in [-0.05, 0) is 50.9 Å². The van der Waals surface area contributed by atoms with E-state index >= 15 is 0 Å². The third kappa shape index (κ3) is 1.70. The van der Waals surface area contributed by atoms with Crippen molar-refractivity contribution in [2.24, 2.45) is 11.8 Å². The second-order valence-corrected chi connectivity index (χ2v) is 5.40. The fourth-order valence-corrected chi connectivity index (χ4v) is 3.28. The molecule has 0 aromatic carbocycles. The first kappa shape index (κ1) is 9.17. The quantitative estimate of drug-likeness (QED) is 0.743. The Labute approximate surface area is 86.4 Å². The summed E-state index contributed by atoms with van der Waals surface area (Å²) in [6.45, 7) is 3.28. The molecule has 1 saturated heterocycles. The van der Waals surface area contributed by atoms with Gasteiger partial charge in [0.05, 0.1) is 12.2 Å². The van der Waals surface area contributed by atoms with Gasteiger partial charge >= 0.3 is 0 Å². The summed E-state index contributed by atoms with van der Waals surface area (Å²) in [6.07, 6.45) is 7.90. The third-order valence-corrected chi connectivity index (χ3v) is 4.27. The van der Waals surface area contributed by atoms with E-state index in [-0.39, 0.29) is 0 Å². The molecule has 5 atom stereocenters. The second kappa shape index (κ2) is 3.49. The lowest BCUT2D eigenvalue weighted by Gasteiger charge is -2.17. The lowest BCUT2D eigenvalue weighted by molar-refractivity contribution is 0.0540. The molecule has 1 aliphatic heterocycles. The molecule has 3 fully saturated rings. The smallest absolute Gasteiger partial charge is 0.0704 e. The Morgan fingerprint density at radius 1 is 1.21 bits per heavy atom. The summed E-state index contributed by atoms with van der Waals surface area (Å²) in [5.41, 5.74) is 0. The highest BCUT2D eigenvalue weighted by Gasteiger charge is 2.47. The van der Waals surface area contributed by atoms with Crippen LogP contribution in [0.15, 0.2) is 0 Å². The molecule has 0 amide bonds. The van der Waals surface area contributed by atoms with E-state index in [1.807, 2.05) is 0 Å². The summed E-state index contributed by atoms with van der Waals surface area (Å²) in [5, 5.41) is 3.71. The number of rotatable bonds is 3. The SMILES string of the molecule is CC1CCC(CNC2CC[C@@H]3C[C@H]23)O1. The van der Waals surface area contributed by atoms with E-state index in [9.17, 15) is 0 Å². The predicted octanol–water partition coefficient (Wildman–Crippen LogP) is 1.94. The molecule has 1 N–H and O–H groups in total. The summed E-state index contributed by atoms with van der Waals surface area (Å²) in [6, 6.07) is 0.833. The summed E-state index contributed by atoms with van der Waals surface area (Å²) in [7, 11) is 0. The highest BCUT2D eigenvalue weighted by molar-refractivity contribution is 5.01. The van der Waals surface area contributed by atoms with Crippen molar-refractivity contribution in [2.45, 2.75) is 57.3 Å². The van der Waals surface area contributed by atoms with Gasteiger partial charge in [0.2, 0.25) is 0 Å². The van der Waals surface area contributed by atoms with E-state index in [4.69, 9.17) is 4.74 Å². The monoisotopic (exact) mass is 195 g/mol. The van der Waals surface area contributed by atoms with Crippen LogP contribution in [-0.2, 0) is 4.74 Å². The maximum Gasteiger partial charge on any atom is 0.0704 e. The molecule has 14 heavy (non-hydrogen) atoms. The maximum atomic E-state index is 5.81. The molecular formula is C12H21NO. The van der Waals surface area contributed by atoms with Gasteiger partial charge < -0.3 is 10.1 Å². The number of ether oxygens (including phenoxy) is 1. The van der Waals surface area contributed by atoms with Crippen molar-refractivity contribution in [2.75, 3.05) is 6.54 Å². The molecule has 1 heterocycles. The minimum Gasteiger partial charge on any atom is -0.374 e. The Hall–Kier alpha value is -0.0800. The van der Waals surface area contributed by atoms with E-state index in [1.54, 1.807) is 0 Å². The van der Waals surface area contributed by atoms with Crippen molar-refractivity contribution < 1.29 is 4.74 Å². The third-order valence-electron chi connectivity index (χ3n) is 4.27. The first-order chi connectivity index (χ1) is 6.83. The zero-order valence-corrected chi connectivity index (χ0v) is 9.04. The molecule has 0 bridgehead atoms. The normalized spacial score (nSPS) is 50.8. The van der Waals surface area contributed by atoms with Crippen molar-refractivity contribution in [3.05, 3.63) is 0 Å². The summed E-state index contributed by atoms with van der Waals surface area (Å²) >= 11 is 0. The van der Waals surface area contributed by atoms with Crippen molar-refractivity contribution in [3.63, 3.8) is 0 Å². The lowest BCUT2D eigenvalue weighted by atomic mass is 10.1. The first-order valence-corrected chi connectivity index (χ1v) is 6.22. The fraction of sp³-hybridized carbons (Fsp3) is 1.00. The van der Waals surface area contributed by atoms with Crippen LogP contribution in [0.2, 0.25) is 0 Å². The van der Waals surface area contributed by atoms with Crippen molar-refractivity contribution in [1.29, 1.82) is 0 Å². The molecule has 2 aliphatic carbocycles. The van der Waals surface area contributed by atoms with Gasteiger partial charge in [-0.2, -0.15) is 0 Å². The lowest BCUT2D eigenvalue weighted by Crippen LogP contribution is -2.35. The molecule has 2 nitrogen and oxygen atoms in total. The van der Waals surface area contributed by atoms with Gasteiger partial charge in [-0.3, -0.25) is 0 Å². The van der Waals surface area contributed by atoms with E-state index in [1.165, 1.54) is 32.1 Å². The maximum absolute atomic E-state index is 5.81. The molecule has 0 radical (unpaired) electrons. The summed E-state index contributed by atoms with van der Waals surface area (Å²) < 4.78 is 5.81. The second-order valence-electron chi connectivity index (χ2n) is 5.40. The van der Waals surface area contributed by atoms with Gasteiger partial charge in [0, 0.05) is 12.6 Å². The highest BCUT2D eigenvalue weighted by atomic mass is 16.5. The van der Waals surface area contributed by atoms with Crippen LogP contribution in [0.3, 0.4) is 0 Å². The van der Waals surface area contributed by atoms with Crippen LogP contribution in [0.25, 0.3) is 0 Å². The Morgan fingerprint density at radius 2 is 2.14 bits per heavy atom. The average molecular weight is 195 g/mol. The van der Waals surface area contributed by atoms with Crippen molar-refractivity contribution >= 4 is 0 Å². The molecule has 0 aromatic heterocycles. The zero-order chi connectivity index (χ0) is 9.54. The van der Waals surface area contributed by atoms with Gasteiger partial charge in [-0.1, -0.05) is 0 Å². The summed E-state index contributed by atoms with van der Waals surface area (Å²) in [5.74, 6) is 2.13. The van der Waals surface area contributed by atoms with Gasteiger partial charge in [0.1, 0.15) is 0 Å². The Bertz CT molecular complexity index is 218. The molecule has 2 saturated carbocycles. The number of hydrogen-bond donors (Lipinski definition) is 1. The Morgan fingerprint density at radius 3 is 2.71 bits per heavy atom. The number of fused-ring (bicyclic) bond motifs is 1. The van der Waals surface area contributed by atoms with Crippen LogP contribution in [-0.4, -0.2) is 24.8 Å². The van der Waals surface area contributed by atoms with E-state index in [0.717, 1.165) is 24.4 Å². The van der Waals surface area contributed by atoms with Crippen LogP contribution < -0.4 is 5.32 Å². The van der Waals surface area contributed by atoms with Crippen LogP contribution in [0, 0.1) is 11.8 Å². The minimum atomic E-state index is 0.499. The molecule has 3 unspecified atom stereocenters. The minimum absolute atomic E-state index is 0.499. The number of hydrogen-bond acceptors (Lipinski definition) is 2. The van der Waals surface area contributed by atoms with Gasteiger partial charge in [-0.25, -0.2) is 0 Å². The van der Waals surface area contributed by atoms with Crippen molar-refractivity contribution in [1.82, 2.24) is 5.32 Å². The van der Waals surface area contributed by atoms with E-state index in [2.05, 4.69) is 12.2 Å². The van der Waals surface area contributed by atoms with Gasteiger partial charge in [0.15, 0.2) is 0 Å². The average Bonchev–Trinajstić information content (AvgIpc) is 2.66. The van der Waals surface area contributed by atoms with Crippen LogP contribution >= 0.6 is 0 Å². The Balaban J connectivity index is 1.41. The fourth-order valence-electron chi connectivity index (χ4n) is 3.28. The molecular weight excluding hydrogens is 174 g/mol. The summed E-state index contributed by atoms with van der Waals surface area (Å²) in [4.78, 5) is 0. The van der Waals surface area contributed by atoms with Crippen LogP contribution in [0.5, 0.6) is 0 Å². The number of nitrogens with one attached hydrogen (secondary N) is 1. The molecule has 0 aromatic rings.